The fourth-order valence-electron chi connectivity index (χ4n) is 1.22. The molecule has 1 unspecified atom stereocenters. The van der Waals surface area contributed by atoms with Crippen LogP contribution in [0.4, 0.5) is 0 Å². The van der Waals surface area contributed by atoms with E-state index < -0.39 is 0 Å². The molecule has 0 radical (unpaired) electrons. The molecule has 0 aliphatic carbocycles. The van der Waals surface area contributed by atoms with Gasteiger partial charge in [0.05, 0.1) is 5.56 Å². The normalized spacial score (nSPS) is 12.2. The van der Waals surface area contributed by atoms with E-state index in [4.69, 9.17) is 0 Å². The van der Waals surface area contributed by atoms with E-state index in [2.05, 4.69) is 4.98 Å². The largest absolute Gasteiger partial charge is 0.339 e. The molecule has 1 rings (SSSR count). The molecule has 1 heterocycles. The number of pyridine rings is 1. The van der Waals surface area contributed by atoms with Crippen LogP contribution in [0.15, 0.2) is 23.1 Å². The first-order valence-electron chi connectivity index (χ1n) is 5.02. The second-order valence-electron chi connectivity index (χ2n) is 3.61. The van der Waals surface area contributed by atoms with Crippen LogP contribution in [-0.2, 0) is 0 Å². The summed E-state index contributed by atoms with van der Waals surface area (Å²) < 4.78 is 0. The lowest BCUT2D eigenvalue weighted by molar-refractivity contribution is 0.0740. The number of nitrogens with one attached hydrogen (secondary N) is 1. The molecule has 0 bridgehead atoms. The van der Waals surface area contributed by atoms with Gasteiger partial charge in [0.15, 0.2) is 0 Å². The summed E-state index contributed by atoms with van der Waals surface area (Å²) in [6.07, 6.45) is 2.36. The molecule has 1 aromatic heterocycles. The molecule has 82 valence electrons. The number of amides is 1. The van der Waals surface area contributed by atoms with Crippen molar-refractivity contribution in [1.29, 1.82) is 0 Å². The van der Waals surface area contributed by atoms with E-state index in [1.807, 2.05) is 13.8 Å². The predicted octanol–water partition coefficient (Wildman–Crippen LogP) is 1.25. The van der Waals surface area contributed by atoms with Crippen LogP contribution >= 0.6 is 0 Å². The van der Waals surface area contributed by atoms with Crippen molar-refractivity contribution in [3.05, 3.63) is 34.2 Å². The highest BCUT2D eigenvalue weighted by Crippen LogP contribution is 2.06. The third-order valence-electron chi connectivity index (χ3n) is 2.60. The molecule has 1 aromatic rings. The maximum atomic E-state index is 11.9. The number of hydrogen-bond donors (Lipinski definition) is 1. The Kier molecular flexibility index (Phi) is 3.66. The Bertz CT molecular complexity index is 377. The lowest BCUT2D eigenvalue weighted by Crippen LogP contribution is -2.34. The van der Waals surface area contributed by atoms with E-state index in [0.717, 1.165) is 6.42 Å². The van der Waals surface area contributed by atoms with Gasteiger partial charge >= 0.3 is 0 Å². The quantitative estimate of drug-likeness (QED) is 0.812. The Morgan fingerprint density at radius 2 is 2.20 bits per heavy atom. The van der Waals surface area contributed by atoms with Gasteiger partial charge in [-0.3, -0.25) is 9.59 Å². The van der Waals surface area contributed by atoms with E-state index in [-0.39, 0.29) is 17.5 Å². The lowest BCUT2D eigenvalue weighted by Gasteiger charge is -2.23. The minimum Gasteiger partial charge on any atom is -0.339 e. The zero-order valence-corrected chi connectivity index (χ0v) is 9.28. The van der Waals surface area contributed by atoms with Gasteiger partial charge in [0, 0.05) is 25.4 Å². The van der Waals surface area contributed by atoms with Gasteiger partial charge in [-0.15, -0.1) is 0 Å². The maximum Gasteiger partial charge on any atom is 0.255 e. The van der Waals surface area contributed by atoms with Crippen molar-refractivity contribution in [2.75, 3.05) is 7.05 Å². The minimum atomic E-state index is -0.197. The van der Waals surface area contributed by atoms with Gasteiger partial charge in [0.25, 0.3) is 5.91 Å². The summed E-state index contributed by atoms with van der Waals surface area (Å²) in [5.74, 6) is -0.0689. The number of rotatable bonds is 3. The molecule has 0 spiro atoms. The monoisotopic (exact) mass is 208 g/mol. The van der Waals surface area contributed by atoms with Crippen molar-refractivity contribution in [1.82, 2.24) is 9.88 Å². The zero-order chi connectivity index (χ0) is 11.4. The first kappa shape index (κ1) is 11.5. The second kappa shape index (κ2) is 4.77. The minimum absolute atomic E-state index is 0.0689. The van der Waals surface area contributed by atoms with E-state index in [1.54, 1.807) is 18.0 Å². The first-order chi connectivity index (χ1) is 7.06. The predicted molar refractivity (Wildman–Crippen MR) is 58.9 cm³/mol. The molecule has 1 atom stereocenters. The molecule has 4 heteroatoms. The van der Waals surface area contributed by atoms with Gasteiger partial charge in [-0.2, -0.15) is 0 Å². The number of H-pyrrole nitrogens is 1. The molecule has 0 aliphatic heterocycles. The number of nitrogens with zero attached hydrogens (tertiary/aromatic N) is 1. The van der Waals surface area contributed by atoms with Crippen LogP contribution in [0.25, 0.3) is 0 Å². The SMILES string of the molecule is CCC(C)N(C)C(=O)c1ccc(=O)[nH]c1. The third kappa shape index (κ3) is 2.68. The van der Waals surface area contributed by atoms with Crippen molar-refractivity contribution in [3.63, 3.8) is 0 Å². The molecule has 4 nitrogen and oxygen atoms in total. The van der Waals surface area contributed by atoms with Gasteiger partial charge in [0.2, 0.25) is 5.56 Å². The van der Waals surface area contributed by atoms with E-state index in [1.165, 1.54) is 12.3 Å². The lowest BCUT2D eigenvalue weighted by atomic mass is 10.2. The van der Waals surface area contributed by atoms with Gasteiger partial charge in [-0.05, 0) is 19.4 Å². The van der Waals surface area contributed by atoms with E-state index >= 15 is 0 Å². The molecular formula is C11H16N2O2. The van der Waals surface area contributed by atoms with Gasteiger partial charge < -0.3 is 9.88 Å². The van der Waals surface area contributed by atoms with Crippen LogP contribution in [0, 0.1) is 0 Å². The van der Waals surface area contributed by atoms with Crippen molar-refractivity contribution < 1.29 is 4.79 Å². The van der Waals surface area contributed by atoms with Gasteiger partial charge in [-0.1, -0.05) is 6.92 Å². The van der Waals surface area contributed by atoms with Crippen LogP contribution in [-0.4, -0.2) is 28.9 Å². The summed E-state index contributed by atoms with van der Waals surface area (Å²) in [4.78, 5) is 26.8. The fourth-order valence-corrected chi connectivity index (χ4v) is 1.22. The van der Waals surface area contributed by atoms with E-state index in [9.17, 15) is 9.59 Å². The highest BCUT2D eigenvalue weighted by Gasteiger charge is 2.15. The molecule has 1 amide bonds. The Morgan fingerprint density at radius 3 is 2.67 bits per heavy atom. The van der Waals surface area contributed by atoms with Crippen LogP contribution < -0.4 is 5.56 Å². The molecule has 0 saturated carbocycles. The van der Waals surface area contributed by atoms with Crippen LogP contribution in [0.1, 0.15) is 30.6 Å². The zero-order valence-electron chi connectivity index (χ0n) is 9.28. The average molecular weight is 208 g/mol. The van der Waals surface area contributed by atoms with Crippen LogP contribution in [0.5, 0.6) is 0 Å². The van der Waals surface area contributed by atoms with Crippen molar-refractivity contribution in [3.8, 4) is 0 Å². The molecule has 0 saturated heterocycles. The van der Waals surface area contributed by atoms with Crippen molar-refractivity contribution >= 4 is 5.91 Å². The van der Waals surface area contributed by atoms with Crippen LogP contribution in [0.3, 0.4) is 0 Å². The summed E-state index contributed by atoms with van der Waals surface area (Å²) >= 11 is 0. The fraction of sp³-hybridized carbons (Fsp3) is 0.455. The summed E-state index contributed by atoms with van der Waals surface area (Å²) in [5, 5.41) is 0. The summed E-state index contributed by atoms with van der Waals surface area (Å²) in [7, 11) is 1.77. The molecule has 0 aromatic carbocycles. The molecule has 1 N–H and O–H groups in total. The Morgan fingerprint density at radius 1 is 1.53 bits per heavy atom. The second-order valence-corrected chi connectivity index (χ2v) is 3.61. The van der Waals surface area contributed by atoms with Crippen molar-refractivity contribution in [2.24, 2.45) is 0 Å². The Labute approximate surface area is 88.9 Å². The van der Waals surface area contributed by atoms with Gasteiger partial charge in [-0.25, -0.2) is 0 Å². The number of carbonyl (C=O) groups excluding carboxylic acids is 1. The summed E-state index contributed by atoms with van der Waals surface area (Å²) in [5.41, 5.74) is 0.315. The highest BCUT2D eigenvalue weighted by molar-refractivity contribution is 5.93. The topological polar surface area (TPSA) is 53.2 Å². The number of aromatic amines is 1. The Hall–Kier alpha value is -1.58. The molecule has 0 aliphatic rings. The van der Waals surface area contributed by atoms with E-state index in [0.29, 0.717) is 5.56 Å². The highest BCUT2D eigenvalue weighted by atomic mass is 16.2. The summed E-state index contributed by atoms with van der Waals surface area (Å²) in [6, 6.07) is 3.10. The van der Waals surface area contributed by atoms with Crippen molar-refractivity contribution in [2.45, 2.75) is 26.3 Å². The Balaban J connectivity index is 2.85. The number of hydrogen-bond acceptors (Lipinski definition) is 2. The van der Waals surface area contributed by atoms with Crippen LogP contribution in [0.2, 0.25) is 0 Å². The molecule has 0 fully saturated rings. The average Bonchev–Trinajstić information content (AvgIpc) is 2.27. The molecule has 15 heavy (non-hydrogen) atoms. The summed E-state index contributed by atoms with van der Waals surface area (Å²) in [6.45, 7) is 4.02. The first-order valence-corrected chi connectivity index (χ1v) is 5.02. The smallest absolute Gasteiger partial charge is 0.255 e. The standard InChI is InChI=1S/C11H16N2O2/c1-4-8(2)13(3)11(15)9-5-6-10(14)12-7-9/h5-8H,4H2,1-3H3,(H,12,14). The third-order valence-corrected chi connectivity index (χ3v) is 2.60. The number of aromatic nitrogens is 1. The number of carbonyl (C=O) groups is 1. The molecular weight excluding hydrogens is 192 g/mol. The van der Waals surface area contributed by atoms with Gasteiger partial charge in [0.1, 0.15) is 0 Å². The maximum absolute atomic E-state index is 11.9.